The van der Waals surface area contributed by atoms with Crippen LogP contribution in [0.4, 0.5) is 0 Å². The summed E-state index contributed by atoms with van der Waals surface area (Å²) in [6.45, 7) is 11.3. The molecule has 1 N–H and O–H groups in total. The van der Waals surface area contributed by atoms with Crippen molar-refractivity contribution < 1.29 is 9.59 Å². The highest BCUT2D eigenvalue weighted by molar-refractivity contribution is 8.00. The molecule has 0 aromatic heterocycles. The minimum absolute atomic E-state index is 0.0212. The Kier molecular flexibility index (Phi) is 6.61. The summed E-state index contributed by atoms with van der Waals surface area (Å²) in [4.78, 5) is 27.1. The Balaban J connectivity index is 1.70. The van der Waals surface area contributed by atoms with Crippen molar-refractivity contribution in [2.75, 3.05) is 5.75 Å². The van der Waals surface area contributed by atoms with Crippen molar-refractivity contribution in [1.82, 2.24) is 10.2 Å². The minimum atomic E-state index is -0.284. The van der Waals surface area contributed by atoms with E-state index >= 15 is 0 Å². The molecule has 1 atom stereocenters. The molecule has 1 fully saturated rings. The second-order valence-corrected chi connectivity index (χ2v) is 10.9. The quantitative estimate of drug-likeness (QED) is 0.675. The molecule has 5 heteroatoms. The average Bonchev–Trinajstić information content (AvgIpc) is 3.01. The van der Waals surface area contributed by atoms with Crippen molar-refractivity contribution in [2.24, 2.45) is 5.41 Å². The molecule has 4 nitrogen and oxygen atoms in total. The molecule has 0 radical (unpaired) electrons. The van der Waals surface area contributed by atoms with Gasteiger partial charge in [0.15, 0.2) is 0 Å². The fourth-order valence-corrected chi connectivity index (χ4v) is 5.42. The number of amides is 2. The van der Waals surface area contributed by atoms with Gasteiger partial charge in [0.05, 0.1) is 5.75 Å². The zero-order valence-electron chi connectivity index (χ0n) is 18.6. The number of benzene rings is 2. The molecule has 0 unspecified atom stereocenters. The molecular weight excluding hydrogens is 392 g/mol. The molecule has 160 valence electrons. The first-order valence-electron chi connectivity index (χ1n) is 10.4. The number of hydrogen-bond donors (Lipinski definition) is 1. The maximum atomic E-state index is 12.8. The molecule has 2 amide bonds. The molecule has 1 aliphatic rings. The zero-order valence-corrected chi connectivity index (χ0v) is 19.4. The lowest BCUT2D eigenvalue weighted by atomic mass is 9.81. The van der Waals surface area contributed by atoms with Gasteiger partial charge < -0.3 is 10.2 Å². The van der Waals surface area contributed by atoms with E-state index in [1.807, 2.05) is 59.5 Å². The van der Waals surface area contributed by atoms with Crippen LogP contribution in [-0.4, -0.2) is 28.0 Å². The average molecular weight is 425 g/mol. The molecule has 2 aromatic carbocycles. The Hall–Kier alpha value is -2.27. The lowest BCUT2D eigenvalue weighted by Gasteiger charge is -2.33. The topological polar surface area (TPSA) is 49.4 Å². The largest absolute Gasteiger partial charge is 0.347 e. The first-order valence-corrected chi connectivity index (χ1v) is 11.5. The maximum Gasteiger partial charge on any atom is 0.251 e. The number of hydrogen-bond acceptors (Lipinski definition) is 3. The first kappa shape index (κ1) is 22.4. The van der Waals surface area contributed by atoms with E-state index in [9.17, 15) is 9.59 Å². The second-order valence-electron chi connectivity index (χ2n) is 9.87. The van der Waals surface area contributed by atoms with Gasteiger partial charge in [0.25, 0.3) is 5.91 Å². The predicted molar refractivity (Wildman–Crippen MR) is 124 cm³/mol. The number of rotatable bonds is 6. The third-order valence-electron chi connectivity index (χ3n) is 5.05. The van der Waals surface area contributed by atoms with E-state index in [0.717, 1.165) is 17.5 Å². The molecule has 1 heterocycles. The molecule has 0 aliphatic carbocycles. The summed E-state index contributed by atoms with van der Waals surface area (Å²) >= 11 is 1.64. The molecular formula is C25H32N2O2S. The van der Waals surface area contributed by atoms with Crippen molar-refractivity contribution in [3.63, 3.8) is 0 Å². The van der Waals surface area contributed by atoms with Crippen molar-refractivity contribution in [3.05, 3.63) is 71.3 Å². The highest BCUT2D eigenvalue weighted by atomic mass is 32.2. The molecule has 0 spiro atoms. The van der Waals surface area contributed by atoms with Crippen molar-refractivity contribution in [3.8, 4) is 0 Å². The standard InChI is InChI=1S/C25H32N2O2S/c1-24(2,3)17-25(4,5)26-22(29)19-11-13-20(14-12-19)23-27(21(28)16-30-23)15-18-9-7-6-8-10-18/h6-14,23H,15-17H2,1-5H3,(H,26,29)/t23-/m0/s1. The molecule has 3 rings (SSSR count). The number of carbonyl (C=O) groups excluding carboxylic acids is 2. The lowest BCUT2D eigenvalue weighted by Crippen LogP contribution is -2.45. The third kappa shape index (κ3) is 5.88. The predicted octanol–water partition coefficient (Wildman–Crippen LogP) is 5.41. The molecule has 0 saturated carbocycles. The molecule has 1 saturated heterocycles. The number of thioether (sulfide) groups is 1. The maximum absolute atomic E-state index is 12.8. The number of nitrogens with zero attached hydrogens (tertiary/aromatic N) is 1. The van der Waals surface area contributed by atoms with Gasteiger partial charge in [-0.25, -0.2) is 0 Å². The van der Waals surface area contributed by atoms with E-state index < -0.39 is 0 Å². The summed E-state index contributed by atoms with van der Waals surface area (Å²) in [5.41, 5.74) is 2.66. The molecule has 0 bridgehead atoms. The monoisotopic (exact) mass is 424 g/mol. The zero-order chi connectivity index (χ0) is 21.9. The van der Waals surface area contributed by atoms with Crippen LogP contribution in [0.15, 0.2) is 54.6 Å². The molecule has 1 aliphatic heterocycles. The van der Waals surface area contributed by atoms with Gasteiger partial charge >= 0.3 is 0 Å². The Bertz CT molecular complexity index is 886. The summed E-state index contributed by atoms with van der Waals surface area (Å²) in [7, 11) is 0. The van der Waals surface area contributed by atoms with Crippen LogP contribution in [0.25, 0.3) is 0 Å². The van der Waals surface area contributed by atoms with E-state index in [1.54, 1.807) is 11.8 Å². The Morgan fingerprint density at radius 2 is 1.67 bits per heavy atom. The van der Waals surface area contributed by atoms with Crippen molar-refractivity contribution in [2.45, 2.75) is 58.5 Å². The van der Waals surface area contributed by atoms with E-state index in [-0.39, 0.29) is 28.1 Å². The summed E-state index contributed by atoms with van der Waals surface area (Å²) in [5.74, 6) is 0.576. The van der Waals surface area contributed by atoms with Gasteiger partial charge in [-0.2, -0.15) is 0 Å². The van der Waals surface area contributed by atoms with Crippen LogP contribution in [0.5, 0.6) is 0 Å². The highest BCUT2D eigenvalue weighted by Crippen LogP contribution is 2.39. The van der Waals surface area contributed by atoms with Gasteiger partial charge in [-0.15, -0.1) is 11.8 Å². The van der Waals surface area contributed by atoms with Gasteiger partial charge in [0.1, 0.15) is 5.37 Å². The minimum Gasteiger partial charge on any atom is -0.347 e. The summed E-state index contributed by atoms with van der Waals surface area (Å²) in [5, 5.41) is 3.14. The summed E-state index contributed by atoms with van der Waals surface area (Å²) < 4.78 is 0. The van der Waals surface area contributed by atoms with Gasteiger partial charge in [-0.1, -0.05) is 63.2 Å². The smallest absolute Gasteiger partial charge is 0.251 e. The van der Waals surface area contributed by atoms with Gasteiger partial charge in [-0.3, -0.25) is 9.59 Å². The van der Waals surface area contributed by atoms with Crippen molar-refractivity contribution in [1.29, 1.82) is 0 Å². The normalized spacial score (nSPS) is 17.3. The Morgan fingerprint density at radius 1 is 1.03 bits per heavy atom. The van der Waals surface area contributed by atoms with Crippen molar-refractivity contribution >= 4 is 23.6 Å². The lowest BCUT2D eigenvalue weighted by molar-refractivity contribution is -0.128. The fraction of sp³-hybridized carbons (Fsp3) is 0.440. The fourth-order valence-electron chi connectivity index (χ4n) is 4.23. The van der Waals surface area contributed by atoms with Crippen LogP contribution in [0.3, 0.4) is 0 Å². The van der Waals surface area contributed by atoms with Gasteiger partial charge in [-0.05, 0) is 48.9 Å². The SMILES string of the molecule is CC(C)(C)CC(C)(C)NC(=O)c1ccc([C@@H]2SCC(=O)N2Cc2ccccc2)cc1. The van der Waals surface area contributed by atoms with Crippen LogP contribution in [0.1, 0.15) is 67.9 Å². The first-order chi connectivity index (χ1) is 14.0. The Labute approximate surface area is 184 Å². The van der Waals surface area contributed by atoms with Crippen LogP contribution in [0.2, 0.25) is 0 Å². The second kappa shape index (κ2) is 8.84. The van der Waals surface area contributed by atoms with Crippen LogP contribution >= 0.6 is 11.8 Å². The van der Waals surface area contributed by atoms with E-state index in [0.29, 0.717) is 17.9 Å². The van der Waals surface area contributed by atoms with Gasteiger partial charge in [0, 0.05) is 17.6 Å². The molecule has 2 aromatic rings. The number of nitrogens with one attached hydrogen (secondary N) is 1. The van der Waals surface area contributed by atoms with Crippen LogP contribution < -0.4 is 5.32 Å². The highest BCUT2D eigenvalue weighted by Gasteiger charge is 2.33. The van der Waals surface area contributed by atoms with E-state index in [4.69, 9.17) is 0 Å². The van der Waals surface area contributed by atoms with E-state index in [2.05, 4.69) is 39.9 Å². The van der Waals surface area contributed by atoms with Gasteiger partial charge in [0.2, 0.25) is 5.91 Å². The van der Waals surface area contributed by atoms with Crippen LogP contribution in [0, 0.1) is 5.41 Å². The number of carbonyl (C=O) groups is 2. The third-order valence-corrected chi connectivity index (χ3v) is 6.30. The van der Waals surface area contributed by atoms with E-state index in [1.165, 1.54) is 0 Å². The summed E-state index contributed by atoms with van der Waals surface area (Å²) in [6, 6.07) is 17.7. The molecule has 30 heavy (non-hydrogen) atoms. The van der Waals surface area contributed by atoms with Crippen LogP contribution in [-0.2, 0) is 11.3 Å². The summed E-state index contributed by atoms with van der Waals surface area (Å²) in [6.07, 6.45) is 0.888. The Morgan fingerprint density at radius 3 is 2.27 bits per heavy atom.